The van der Waals surface area contributed by atoms with Crippen LogP contribution >= 0.6 is 0 Å². The van der Waals surface area contributed by atoms with Gasteiger partial charge in [-0.25, -0.2) is 0 Å². The molecule has 0 aliphatic rings. The van der Waals surface area contributed by atoms with Crippen molar-refractivity contribution in [2.45, 2.75) is 32.4 Å². The first-order chi connectivity index (χ1) is 8.90. The predicted molar refractivity (Wildman–Crippen MR) is 65.4 cm³/mol. The predicted octanol–water partition coefficient (Wildman–Crippen LogP) is 3.10. The summed E-state index contributed by atoms with van der Waals surface area (Å²) >= 11 is 0. The Balaban J connectivity index is 2.94. The molecule has 0 aliphatic carbocycles. The molecule has 0 saturated carbocycles. The topological polar surface area (TPSA) is 44.5 Å². The monoisotopic (exact) mass is 277 g/mol. The summed E-state index contributed by atoms with van der Waals surface area (Å²) in [6.45, 7) is 4.28. The molecule has 3 nitrogen and oxygen atoms in total. The van der Waals surface area contributed by atoms with Gasteiger partial charge in [0.25, 0.3) is 0 Å². The highest BCUT2D eigenvalue weighted by atomic mass is 19.4. The van der Waals surface area contributed by atoms with Gasteiger partial charge in [0.15, 0.2) is 6.29 Å². The molecule has 1 aromatic carbocycles. The molecule has 108 valence electrons. The van der Waals surface area contributed by atoms with Gasteiger partial charge < -0.3 is 15.2 Å². The highest BCUT2D eigenvalue weighted by Crippen LogP contribution is 2.31. The summed E-state index contributed by atoms with van der Waals surface area (Å²) < 4.78 is 48.5. The van der Waals surface area contributed by atoms with E-state index in [1.165, 1.54) is 12.1 Å². The van der Waals surface area contributed by atoms with Gasteiger partial charge in [-0.1, -0.05) is 12.1 Å². The Hall–Kier alpha value is -1.11. The Morgan fingerprint density at radius 3 is 2.21 bits per heavy atom. The molecule has 2 N–H and O–H groups in total. The van der Waals surface area contributed by atoms with Crippen LogP contribution in [0.3, 0.4) is 0 Å². The fraction of sp³-hybridized carbons (Fsp3) is 0.538. The van der Waals surface area contributed by atoms with Crippen molar-refractivity contribution in [1.82, 2.24) is 0 Å². The number of nitrogens with two attached hydrogens (primary N) is 1. The van der Waals surface area contributed by atoms with Crippen molar-refractivity contribution in [3.8, 4) is 0 Å². The lowest BCUT2D eigenvalue weighted by molar-refractivity contribution is -0.150. The molecule has 1 rings (SSSR count). The fourth-order valence-corrected chi connectivity index (χ4v) is 1.66. The summed E-state index contributed by atoms with van der Waals surface area (Å²) in [4.78, 5) is 0. The van der Waals surface area contributed by atoms with Gasteiger partial charge in [0.1, 0.15) is 0 Å². The fourth-order valence-electron chi connectivity index (χ4n) is 1.66. The van der Waals surface area contributed by atoms with Crippen LogP contribution in [0.4, 0.5) is 13.2 Å². The van der Waals surface area contributed by atoms with Gasteiger partial charge in [-0.2, -0.15) is 13.2 Å². The third-order valence-corrected chi connectivity index (χ3v) is 2.55. The molecule has 0 heterocycles. The molecule has 0 radical (unpaired) electrons. The second kappa shape index (κ2) is 6.88. The summed E-state index contributed by atoms with van der Waals surface area (Å²) in [6, 6.07) is 4.13. The van der Waals surface area contributed by atoms with Gasteiger partial charge in [-0.05, 0) is 31.5 Å². The second-order valence-corrected chi connectivity index (χ2v) is 3.93. The maximum Gasteiger partial charge on any atom is 0.416 e. The van der Waals surface area contributed by atoms with E-state index in [2.05, 4.69) is 0 Å². The standard InChI is InChI=1S/C13H18F3NO2/c1-3-18-12(19-4-2)11(17)9-6-5-7-10(8-9)13(14,15)16/h5-8,11-12H,3-4,17H2,1-2H3. The Morgan fingerprint density at radius 1 is 1.16 bits per heavy atom. The quantitative estimate of drug-likeness (QED) is 0.813. The van der Waals surface area contributed by atoms with Crippen molar-refractivity contribution in [1.29, 1.82) is 0 Å². The molecule has 0 saturated heterocycles. The average Bonchev–Trinajstić information content (AvgIpc) is 2.37. The lowest BCUT2D eigenvalue weighted by Crippen LogP contribution is -2.31. The minimum Gasteiger partial charge on any atom is -0.351 e. The van der Waals surface area contributed by atoms with E-state index in [1.807, 2.05) is 0 Å². The minimum atomic E-state index is -4.39. The van der Waals surface area contributed by atoms with E-state index >= 15 is 0 Å². The number of alkyl halides is 3. The van der Waals surface area contributed by atoms with E-state index in [1.54, 1.807) is 13.8 Å². The van der Waals surface area contributed by atoms with Crippen molar-refractivity contribution in [3.63, 3.8) is 0 Å². The van der Waals surface area contributed by atoms with Crippen molar-refractivity contribution in [2.24, 2.45) is 5.73 Å². The highest BCUT2D eigenvalue weighted by molar-refractivity contribution is 5.28. The summed E-state index contributed by atoms with van der Waals surface area (Å²) in [5.41, 5.74) is 5.51. The van der Waals surface area contributed by atoms with E-state index < -0.39 is 24.1 Å². The van der Waals surface area contributed by atoms with Crippen LogP contribution in [0.5, 0.6) is 0 Å². The average molecular weight is 277 g/mol. The molecule has 0 aromatic heterocycles. The van der Waals surface area contributed by atoms with Gasteiger partial charge in [-0.15, -0.1) is 0 Å². The normalized spacial score (nSPS) is 13.8. The van der Waals surface area contributed by atoms with Crippen LogP contribution in [0.2, 0.25) is 0 Å². The van der Waals surface area contributed by atoms with Crippen molar-refractivity contribution in [2.75, 3.05) is 13.2 Å². The maximum atomic E-state index is 12.6. The zero-order chi connectivity index (χ0) is 14.5. The molecule has 1 unspecified atom stereocenters. The number of ether oxygens (including phenoxy) is 2. The molecule has 0 aliphatic heterocycles. The largest absolute Gasteiger partial charge is 0.416 e. The van der Waals surface area contributed by atoms with E-state index in [0.29, 0.717) is 18.8 Å². The Bertz CT molecular complexity index is 390. The van der Waals surface area contributed by atoms with Crippen LogP contribution in [-0.2, 0) is 15.7 Å². The van der Waals surface area contributed by atoms with Gasteiger partial charge in [-0.3, -0.25) is 0 Å². The first-order valence-corrected chi connectivity index (χ1v) is 6.06. The molecule has 1 aromatic rings. The highest BCUT2D eigenvalue weighted by Gasteiger charge is 2.31. The van der Waals surface area contributed by atoms with Crippen LogP contribution in [0.1, 0.15) is 31.0 Å². The van der Waals surface area contributed by atoms with E-state index in [0.717, 1.165) is 12.1 Å². The van der Waals surface area contributed by atoms with Crippen molar-refractivity contribution >= 4 is 0 Å². The molecular formula is C13H18F3NO2. The molecular weight excluding hydrogens is 259 g/mol. The van der Waals surface area contributed by atoms with E-state index in [4.69, 9.17) is 15.2 Å². The van der Waals surface area contributed by atoms with Crippen LogP contribution in [0.25, 0.3) is 0 Å². The maximum absolute atomic E-state index is 12.6. The van der Waals surface area contributed by atoms with Gasteiger partial charge in [0, 0.05) is 13.2 Å². The Kier molecular flexibility index (Phi) is 5.78. The Morgan fingerprint density at radius 2 is 1.74 bits per heavy atom. The molecule has 0 spiro atoms. The van der Waals surface area contributed by atoms with Gasteiger partial charge in [0.2, 0.25) is 0 Å². The number of rotatable bonds is 6. The summed E-state index contributed by atoms with van der Waals surface area (Å²) in [5.74, 6) is 0. The van der Waals surface area contributed by atoms with Crippen molar-refractivity contribution in [3.05, 3.63) is 35.4 Å². The van der Waals surface area contributed by atoms with E-state index in [9.17, 15) is 13.2 Å². The molecule has 19 heavy (non-hydrogen) atoms. The number of benzene rings is 1. The molecule has 6 heteroatoms. The first-order valence-electron chi connectivity index (χ1n) is 6.06. The number of halogens is 3. The molecule has 0 fully saturated rings. The van der Waals surface area contributed by atoms with Crippen LogP contribution < -0.4 is 5.73 Å². The number of hydrogen-bond acceptors (Lipinski definition) is 3. The van der Waals surface area contributed by atoms with Gasteiger partial charge >= 0.3 is 6.18 Å². The second-order valence-electron chi connectivity index (χ2n) is 3.93. The lowest BCUT2D eigenvalue weighted by Gasteiger charge is -2.24. The SMILES string of the molecule is CCOC(OCC)C(N)c1cccc(C(F)(F)F)c1. The van der Waals surface area contributed by atoms with Crippen molar-refractivity contribution < 1.29 is 22.6 Å². The zero-order valence-corrected chi connectivity index (χ0v) is 10.9. The van der Waals surface area contributed by atoms with Gasteiger partial charge in [0.05, 0.1) is 11.6 Å². The first kappa shape index (κ1) is 15.9. The molecule has 0 bridgehead atoms. The lowest BCUT2D eigenvalue weighted by atomic mass is 10.0. The minimum absolute atomic E-state index is 0.335. The van der Waals surface area contributed by atoms with E-state index in [-0.39, 0.29) is 0 Å². The third-order valence-electron chi connectivity index (χ3n) is 2.55. The van der Waals surface area contributed by atoms with Crippen LogP contribution in [0.15, 0.2) is 24.3 Å². The summed E-state index contributed by atoms with van der Waals surface area (Å²) in [6.07, 6.45) is -5.14. The smallest absolute Gasteiger partial charge is 0.351 e. The summed E-state index contributed by atoms with van der Waals surface area (Å²) in [5, 5.41) is 0. The van der Waals surface area contributed by atoms with Crippen LogP contribution in [-0.4, -0.2) is 19.5 Å². The van der Waals surface area contributed by atoms with Crippen LogP contribution in [0, 0.1) is 0 Å². The number of hydrogen-bond donors (Lipinski definition) is 1. The summed E-state index contributed by atoms with van der Waals surface area (Å²) in [7, 11) is 0. The molecule has 0 amide bonds. The third kappa shape index (κ3) is 4.49. The Labute approximate surface area is 110 Å². The zero-order valence-electron chi connectivity index (χ0n) is 10.9. The molecule has 1 atom stereocenters.